The van der Waals surface area contributed by atoms with E-state index in [-0.39, 0.29) is 11.8 Å². The van der Waals surface area contributed by atoms with Crippen LogP contribution in [0.15, 0.2) is 36.4 Å². The zero-order valence-corrected chi connectivity index (χ0v) is 14.8. The van der Waals surface area contributed by atoms with Crippen molar-refractivity contribution in [2.45, 2.75) is 20.8 Å². The Morgan fingerprint density at radius 3 is 2.44 bits per heavy atom. The van der Waals surface area contributed by atoms with Crippen LogP contribution in [-0.4, -0.2) is 25.5 Å². The van der Waals surface area contributed by atoms with E-state index in [4.69, 9.17) is 9.47 Å². The van der Waals surface area contributed by atoms with E-state index in [9.17, 15) is 9.59 Å². The predicted molar refractivity (Wildman–Crippen MR) is 97.6 cm³/mol. The predicted octanol–water partition coefficient (Wildman–Crippen LogP) is 3.61. The molecular formula is C19H22N2O4. The van der Waals surface area contributed by atoms with Crippen LogP contribution in [0.3, 0.4) is 0 Å². The van der Waals surface area contributed by atoms with Gasteiger partial charge in [-0.25, -0.2) is 0 Å². The molecule has 0 aliphatic carbocycles. The van der Waals surface area contributed by atoms with Crippen molar-refractivity contribution in [1.82, 2.24) is 0 Å². The number of benzene rings is 2. The standard InChI is InChI=1S/C19H22N2O4/c1-5-25-18-10-14(7-9-17(18)24-4)19(23)21-16-11-15(20-13(3)22)8-6-12(16)2/h6-11H,5H2,1-4H3,(H,20,22)(H,21,23). The Bertz CT molecular complexity index is 787. The second-order valence-electron chi connectivity index (χ2n) is 5.46. The van der Waals surface area contributed by atoms with Crippen molar-refractivity contribution in [2.24, 2.45) is 0 Å². The van der Waals surface area contributed by atoms with Gasteiger partial charge in [0.25, 0.3) is 5.91 Å². The smallest absolute Gasteiger partial charge is 0.255 e. The van der Waals surface area contributed by atoms with Gasteiger partial charge in [0.15, 0.2) is 11.5 Å². The van der Waals surface area contributed by atoms with Gasteiger partial charge in [-0.2, -0.15) is 0 Å². The Balaban J connectivity index is 2.24. The Kier molecular flexibility index (Phi) is 6.00. The number of carbonyl (C=O) groups is 2. The molecule has 0 saturated carbocycles. The van der Waals surface area contributed by atoms with Gasteiger partial charge < -0.3 is 20.1 Å². The maximum absolute atomic E-state index is 12.6. The number of aryl methyl sites for hydroxylation is 1. The number of rotatable bonds is 6. The first-order valence-electron chi connectivity index (χ1n) is 7.95. The topological polar surface area (TPSA) is 76.7 Å². The van der Waals surface area contributed by atoms with Gasteiger partial charge in [0.2, 0.25) is 5.91 Å². The van der Waals surface area contributed by atoms with E-state index in [0.717, 1.165) is 5.56 Å². The molecule has 0 aromatic heterocycles. The van der Waals surface area contributed by atoms with Crippen LogP contribution in [0.2, 0.25) is 0 Å². The maximum Gasteiger partial charge on any atom is 0.255 e. The summed E-state index contributed by atoms with van der Waals surface area (Å²) in [5, 5.41) is 5.56. The van der Waals surface area contributed by atoms with Crippen molar-refractivity contribution in [3.8, 4) is 11.5 Å². The van der Waals surface area contributed by atoms with Crippen molar-refractivity contribution in [3.05, 3.63) is 47.5 Å². The quantitative estimate of drug-likeness (QED) is 0.841. The molecule has 0 atom stereocenters. The molecule has 0 aliphatic heterocycles. The number of amides is 2. The first-order chi connectivity index (χ1) is 11.9. The number of anilines is 2. The van der Waals surface area contributed by atoms with Gasteiger partial charge in [-0.05, 0) is 49.7 Å². The third kappa shape index (κ3) is 4.73. The van der Waals surface area contributed by atoms with Gasteiger partial charge in [0, 0.05) is 23.9 Å². The van der Waals surface area contributed by atoms with E-state index in [2.05, 4.69) is 10.6 Å². The number of hydrogen-bond donors (Lipinski definition) is 2. The average molecular weight is 342 g/mol. The average Bonchev–Trinajstić information content (AvgIpc) is 2.57. The monoisotopic (exact) mass is 342 g/mol. The van der Waals surface area contributed by atoms with E-state index in [1.54, 1.807) is 37.4 Å². The van der Waals surface area contributed by atoms with Crippen molar-refractivity contribution in [2.75, 3.05) is 24.4 Å². The summed E-state index contributed by atoms with van der Waals surface area (Å²) in [5.41, 5.74) is 2.60. The minimum atomic E-state index is -0.272. The summed E-state index contributed by atoms with van der Waals surface area (Å²) >= 11 is 0. The molecule has 0 aliphatic rings. The second kappa shape index (κ2) is 8.19. The third-order valence-corrected chi connectivity index (χ3v) is 3.53. The third-order valence-electron chi connectivity index (χ3n) is 3.53. The number of ether oxygens (including phenoxy) is 2. The van der Waals surface area contributed by atoms with E-state index in [0.29, 0.717) is 35.0 Å². The molecule has 0 unspecified atom stereocenters. The molecule has 2 aromatic carbocycles. The normalized spacial score (nSPS) is 10.1. The minimum Gasteiger partial charge on any atom is -0.493 e. The lowest BCUT2D eigenvalue weighted by molar-refractivity contribution is -0.114. The van der Waals surface area contributed by atoms with E-state index < -0.39 is 0 Å². The van der Waals surface area contributed by atoms with Crippen LogP contribution in [0.25, 0.3) is 0 Å². The summed E-state index contributed by atoms with van der Waals surface area (Å²) in [6.07, 6.45) is 0. The molecule has 0 fully saturated rings. The fourth-order valence-electron chi connectivity index (χ4n) is 2.32. The Hall–Kier alpha value is -3.02. The first-order valence-corrected chi connectivity index (χ1v) is 7.95. The van der Waals surface area contributed by atoms with Crippen molar-refractivity contribution >= 4 is 23.2 Å². The number of methoxy groups -OCH3 is 1. The summed E-state index contributed by atoms with van der Waals surface area (Å²) in [4.78, 5) is 23.7. The maximum atomic E-state index is 12.6. The molecule has 2 N–H and O–H groups in total. The lowest BCUT2D eigenvalue weighted by atomic mass is 10.1. The molecule has 6 nitrogen and oxygen atoms in total. The van der Waals surface area contributed by atoms with Crippen LogP contribution in [0.1, 0.15) is 29.8 Å². The summed E-state index contributed by atoms with van der Waals surface area (Å²) in [5.74, 6) is 0.646. The molecule has 2 rings (SSSR count). The van der Waals surface area contributed by atoms with Gasteiger partial charge in [-0.15, -0.1) is 0 Å². The van der Waals surface area contributed by atoms with Crippen molar-refractivity contribution in [1.29, 1.82) is 0 Å². The molecule has 6 heteroatoms. The SMILES string of the molecule is CCOc1cc(C(=O)Nc2cc(NC(C)=O)ccc2C)ccc1OC. The van der Waals surface area contributed by atoms with Crippen LogP contribution in [0, 0.1) is 6.92 Å². The van der Waals surface area contributed by atoms with Crippen LogP contribution in [0.5, 0.6) is 11.5 Å². The molecule has 0 bridgehead atoms. The zero-order valence-electron chi connectivity index (χ0n) is 14.8. The highest BCUT2D eigenvalue weighted by molar-refractivity contribution is 6.05. The fourth-order valence-corrected chi connectivity index (χ4v) is 2.32. The molecule has 0 heterocycles. The molecule has 0 radical (unpaired) electrons. The number of carbonyl (C=O) groups excluding carboxylic acids is 2. The molecular weight excluding hydrogens is 320 g/mol. The second-order valence-corrected chi connectivity index (χ2v) is 5.46. The summed E-state index contributed by atoms with van der Waals surface area (Å²) in [7, 11) is 1.55. The highest BCUT2D eigenvalue weighted by atomic mass is 16.5. The summed E-state index contributed by atoms with van der Waals surface area (Å²) < 4.78 is 10.7. The van der Waals surface area contributed by atoms with Gasteiger partial charge in [-0.1, -0.05) is 6.07 Å². The molecule has 132 valence electrons. The molecule has 0 saturated heterocycles. The van der Waals surface area contributed by atoms with Crippen LogP contribution in [0.4, 0.5) is 11.4 Å². The molecule has 25 heavy (non-hydrogen) atoms. The summed E-state index contributed by atoms with van der Waals surface area (Å²) in [6.45, 7) is 5.65. The van der Waals surface area contributed by atoms with Crippen LogP contribution < -0.4 is 20.1 Å². The van der Waals surface area contributed by atoms with Crippen LogP contribution in [-0.2, 0) is 4.79 Å². The summed E-state index contributed by atoms with van der Waals surface area (Å²) in [6, 6.07) is 10.4. The van der Waals surface area contributed by atoms with Crippen molar-refractivity contribution < 1.29 is 19.1 Å². The number of nitrogens with one attached hydrogen (secondary N) is 2. The highest BCUT2D eigenvalue weighted by Crippen LogP contribution is 2.29. The zero-order chi connectivity index (χ0) is 18.4. The van der Waals surface area contributed by atoms with Gasteiger partial charge in [-0.3, -0.25) is 9.59 Å². The van der Waals surface area contributed by atoms with E-state index >= 15 is 0 Å². The van der Waals surface area contributed by atoms with Gasteiger partial charge in [0.05, 0.1) is 13.7 Å². The minimum absolute atomic E-state index is 0.169. The Labute approximate surface area is 147 Å². The van der Waals surface area contributed by atoms with Crippen LogP contribution >= 0.6 is 0 Å². The highest BCUT2D eigenvalue weighted by Gasteiger charge is 2.13. The Morgan fingerprint density at radius 1 is 1.04 bits per heavy atom. The Morgan fingerprint density at radius 2 is 1.80 bits per heavy atom. The van der Waals surface area contributed by atoms with Crippen molar-refractivity contribution in [3.63, 3.8) is 0 Å². The lowest BCUT2D eigenvalue weighted by Crippen LogP contribution is -2.14. The lowest BCUT2D eigenvalue weighted by Gasteiger charge is -2.13. The molecule has 0 spiro atoms. The number of hydrogen-bond acceptors (Lipinski definition) is 4. The van der Waals surface area contributed by atoms with Gasteiger partial charge in [0.1, 0.15) is 0 Å². The molecule has 2 aromatic rings. The largest absolute Gasteiger partial charge is 0.493 e. The first kappa shape index (κ1) is 18.3. The molecule has 2 amide bonds. The van der Waals surface area contributed by atoms with E-state index in [1.165, 1.54) is 6.92 Å². The van der Waals surface area contributed by atoms with E-state index in [1.807, 2.05) is 19.9 Å². The van der Waals surface area contributed by atoms with Gasteiger partial charge >= 0.3 is 0 Å². The fraction of sp³-hybridized carbons (Fsp3) is 0.263.